The molecule has 15 nitrogen and oxygen atoms in total. The van der Waals surface area contributed by atoms with Crippen molar-refractivity contribution < 1.29 is 69.8 Å². The fraction of sp³-hybridized carbons (Fsp3) is 0.882. The summed E-state index contributed by atoms with van der Waals surface area (Å²) in [7, 11) is 0. The molecule has 186 valence electrons. The average Bonchev–Trinajstić information content (AvgIpc) is 2.74. The number of carboxylic acid groups (broad SMARTS) is 1. The lowest BCUT2D eigenvalue weighted by Crippen LogP contribution is -2.69. The molecule has 1 unspecified atom stereocenters. The van der Waals surface area contributed by atoms with Crippen LogP contribution in [0.15, 0.2) is 0 Å². The fourth-order valence-electron chi connectivity index (χ4n) is 3.60. The Bertz CT molecular complexity index is 663. The van der Waals surface area contributed by atoms with E-state index in [4.69, 9.17) is 19.3 Å². The molecule has 0 bridgehead atoms. The summed E-state index contributed by atoms with van der Waals surface area (Å²) in [6, 6.07) is -1.44. The number of carboxylic acids is 1. The van der Waals surface area contributed by atoms with Gasteiger partial charge in [0.15, 0.2) is 6.29 Å². The van der Waals surface area contributed by atoms with E-state index in [9.17, 15) is 50.4 Å². The van der Waals surface area contributed by atoms with Crippen molar-refractivity contribution >= 4 is 11.9 Å². The van der Waals surface area contributed by atoms with Gasteiger partial charge in [-0.15, -0.1) is 0 Å². The highest BCUT2D eigenvalue weighted by atomic mass is 16.8. The van der Waals surface area contributed by atoms with Gasteiger partial charge in [-0.3, -0.25) is 4.79 Å². The number of aliphatic hydroxyl groups excluding tert-OH is 8. The highest BCUT2D eigenvalue weighted by molar-refractivity contribution is 5.76. The second-order valence-electron chi connectivity index (χ2n) is 7.69. The predicted molar refractivity (Wildman–Crippen MR) is 97.4 cm³/mol. The highest BCUT2D eigenvalue weighted by Gasteiger charge is 2.58. The van der Waals surface area contributed by atoms with E-state index in [1.165, 1.54) is 0 Å². The van der Waals surface area contributed by atoms with Gasteiger partial charge in [-0.25, -0.2) is 4.79 Å². The monoisotopic (exact) mass is 471 g/mol. The molecule has 0 aliphatic carbocycles. The summed E-state index contributed by atoms with van der Waals surface area (Å²) >= 11 is 0. The summed E-state index contributed by atoms with van der Waals surface area (Å²) in [5.74, 6) is -5.40. The number of aliphatic hydroxyl groups is 8. The Hall–Kier alpha value is -1.50. The number of ether oxygens (including phenoxy) is 3. The Balaban J connectivity index is 2.39. The van der Waals surface area contributed by atoms with E-state index in [-0.39, 0.29) is 0 Å². The summed E-state index contributed by atoms with van der Waals surface area (Å²) in [5, 5.41) is 91.0. The summed E-state index contributed by atoms with van der Waals surface area (Å²) < 4.78 is 15.7. The Morgan fingerprint density at radius 1 is 1.12 bits per heavy atom. The number of nitrogens with one attached hydrogen (secondary N) is 1. The van der Waals surface area contributed by atoms with Crippen LogP contribution in [-0.4, -0.2) is 138 Å². The zero-order valence-electron chi connectivity index (χ0n) is 17.0. The van der Waals surface area contributed by atoms with Crippen LogP contribution in [0.4, 0.5) is 0 Å². The molecule has 32 heavy (non-hydrogen) atoms. The van der Waals surface area contributed by atoms with Gasteiger partial charge in [0.25, 0.3) is 5.79 Å². The molecule has 2 saturated heterocycles. The van der Waals surface area contributed by atoms with Crippen molar-refractivity contribution in [3.05, 3.63) is 0 Å². The van der Waals surface area contributed by atoms with Crippen LogP contribution in [0.3, 0.4) is 0 Å². The largest absolute Gasteiger partial charge is 0.477 e. The van der Waals surface area contributed by atoms with Gasteiger partial charge in [-0.2, -0.15) is 0 Å². The number of hydrogen-bond donors (Lipinski definition) is 10. The van der Waals surface area contributed by atoms with E-state index in [1.54, 1.807) is 0 Å². The van der Waals surface area contributed by atoms with Gasteiger partial charge in [0.2, 0.25) is 5.91 Å². The third-order valence-electron chi connectivity index (χ3n) is 5.34. The second kappa shape index (κ2) is 10.6. The van der Waals surface area contributed by atoms with Crippen molar-refractivity contribution in [2.75, 3.05) is 13.2 Å². The molecule has 2 heterocycles. The molecule has 10 N–H and O–H groups in total. The molecule has 2 aliphatic heterocycles. The lowest BCUT2D eigenvalue weighted by molar-refractivity contribution is -0.387. The molecule has 2 fully saturated rings. The Kier molecular flexibility index (Phi) is 8.88. The minimum atomic E-state index is -2.84. The summed E-state index contributed by atoms with van der Waals surface area (Å²) in [6.45, 7) is -0.733. The molecule has 2 aliphatic rings. The van der Waals surface area contributed by atoms with Crippen LogP contribution in [0.5, 0.6) is 0 Å². The van der Waals surface area contributed by atoms with Crippen LogP contribution in [0.2, 0.25) is 0 Å². The smallest absolute Gasteiger partial charge is 0.364 e. The summed E-state index contributed by atoms with van der Waals surface area (Å²) in [6.07, 6.45) is -17.4. The molecule has 0 radical (unpaired) electrons. The minimum absolute atomic E-state index is 0.689. The average molecular weight is 471 g/mol. The molecule has 0 saturated carbocycles. The van der Waals surface area contributed by atoms with E-state index in [2.05, 4.69) is 5.32 Å². The predicted octanol–water partition coefficient (Wildman–Crippen LogP) is -6.05. The molecule has 0 spiro atoms. The quantitative estimate of drug-likeness (QED) is 0.158. The Morgan fingerprint density at radius 2 is 1.75 bits per heavy atom. The van der Waals surface area contributed by atoms with Crippen LogP contribution in [0.1, 0.15) is 13.3 Å². The van der Waals surface area contributed by atoms with Crippen LogP contribution >= 0.6 is 0 Å². The SMILES string of the molecule is CC(=O)N[C@H]1[C@H]([C@H](O)[C@H](O)CO)O[C@](OC2O[C@H](CO)[C@@H](O)[C@H](O)[C@H]2O)(C(=O)O)C[C@@H]1O. The number of rotatable bonds is 8. The molecular formula is C17H29NO14. The van der Waals surface area contributed by atoms with Crippen molar-refractivity contribution in [1.29, 1.82) is 0 Å². The molecule has 15 heteroatoms. The lowest BCUT2D eigenvalue weighted by atomic mass is 9.88. The molecular weight excluding hydrogens is 442 g/mol. The summed E-state index contributed by atoms with van der Waals surface area (Å²) in [5.41, 5.74) is 0. The fourth-order valence-corrected chi connectivity index (χ4v) is 3.60. The minimum Gasteiger partial charge on any atom is -0.477 e. The topological polar surface area (TPSA) is 256 Å². The van der Waals surface area contributed by atoms with Crippen molar-refractivity contribution in [2.45, 2.75) is 80.3 Å². The number of carbonyl (C=O) groups is 2. The number of carbonyl (C=O) groups excluding carboxylic acids is 1. The standard InChI is InChI=1S/C17H29NO14/c1-5(21)18-9-6(22)2-17(16(28)29,31-14(9)10(24)7(23)3-19)32-15-13(27)12(26)11(25)8(4-20)30-15/h6-15,19-20,22-27H,2-4H2,1H3,(H,18,21)(H,28,29)/t6-,7+,8+,9+,10+,11+,12-,13+,14+,15?,17+/m0/s1. The van der Waals surface area contributed by atoms with Crippen LogP contribution < -0.4 is 5.32 Å². The van der Waals surface area contributed by atoms with Gasteiger partial charge >= 0.3 is 5.97 Å². The first-order chi connectivity index (χ1) is 14.9. The van der Waals surface area contributed by atoms with Gasteiger partial charge in [-0.05, 0) is 0 Å². The first-order valence-corrected chi connectivity index (χ1v) is 9.70. The number of amides is 1. The maximum atomic E-state index is 12.1. The zero-order valence-corrected chi connectivity index (χ0v) is 17.0. The number of hydrogen-bond acceptors (Lipinski definition) is 13. The molecule has 11 atom stereocenters. The van der Waals surface area contributed by atoms with Gasteiger partial charge in [0, 0.05) is 13.3 Å². The maximum absolute atomic E-state index is 12.1. The first-order valence-electron chi connectivity index (χ1n) is 9.70. The molecule has 1 amide bonds. The van der Waals surface area contributed by atoms with Gasteiger partial charge in [0.05, 0.1) is 25.4 Å². The van der Waals surface area contributed by atoms with Crippen LogP contribution in [0.25, 0.3) is 0 Å². The number of aliphatic carboxylic acids is 1. The van der Waals surface area contributed by atoms with E-state index >= 15 is 0 Å². The normalized spacial score (nSPS) is 42.2. The third-order valence-corrected chi connectivity index (χ3v) is 5.34. The molecule has 0 aromatic rings. The van der Waals surface area contributed by atoms with Crippen molar-refractivity contribution in [3.8, 4) is 0 Å². The van der Waals surface area contributed by atoms with Crippen LogP contribution in [0, 0.1) is 0 Å². The van der Waals surface area contributed by atoms with Crippen molar-refractivity contribution in [1.82, 2.24) is 5.32 Å². The molecule has 0 aromatic carbocycles. The summed E-state index contributed by atoms with van der Waals surface area (Å²) in [4.78, 5) is 23.6. The first kappa shape index (κ1) is 26.7. The maximum Gasteiger partial charge on any atom is 0.364 e. The van der Waals surface area contributed by atoms with Gasteiger partial charge in [0.1, 0.15) is 42.7 Å². The Morgan fingerprint density at radius 3 is 2.25 bits per heavy atom. The van der Waals surface area contributed by atoms with E-state index in [0.717, 1.165) is 6.92 Å². The van der Waals surface area contributed by atoms with Gasteiger partial charge in [-0.1, -0.05) is 0 Å². The lowest BCUT2D eigenvalue weighted by Gasteiger charge is -2.49. The third kappa shape index (κ3) is 5.35. The van der Waals surface area contributed by atoms with Crippen molar-refractivity contribution in [3.63, 3.8) is 0 Å². The van der Waals surface area contributed by atoms with E-state index in [1.807, 2.05) is 0 Å². The Labute approximate surface area is 181 Å². The van der Waals surface area contributed by atoms with Crippen molar-refractivity contribution in [2.24, 2.45) is 0 Å². The zero-order chi connectivity index (χ0) is 24.4. The van der Waals surface area contributed by atoms with Crippen LogP contribution in [-0.2, 0) is 23.8 Å². The molecule has 0 aromatic heterocycles. The second-order valence-corrected chi connectivity index (χ2v) is 7.69. The van der Waals surface area contributed by atoms with E-state index < -0.39 is 98.5 Å². The van der Waals surface area contributed by atoms with Gasteiger partial charge < -0.3 is 65.5 Å². The molecule has 2 rings (SSSR count). The highest BCUT2D eigenvalue weighted by Crippen LogP contribution is 2.36. The van der Waals surface area contributed by atoms with E-state index in [0.29, 0.717) is 0 Å².